The van der Waals surface area contributed by atoms with Crippen LogP contribution in [0.15, 0.2) is 0 Å². The van der Waals surface area contributed by atoms with E-state index in [1.807, 2.05) is 0 Å². The van der Waals surface area contributed by atoms with Crippen molar-refractivity contribution in [3.63, 3.8) is 0 Å². The molecule has 0 aromatic heterocycles. The number of hydrogen-bond acceptors (Lipinski definition) is 3. The van der Waals surface area contributed by atoms with E-state index in [4.69, 9.17) is 4.43 Å². The van der Waals surface area contributed by atoms with Crippen molar-refractivity contribution in [2.45, 2.75) is 32.4 Å². The quantitative estimate of drug-likeness (QED) is 0.669. The van der Waals surface area contributed by atoms with Crippen LogP contribution in [0.25, 0.3) is 0 Å². The molecule has 0 bridgehead atoms. The maximum absolute atomic E-state index is 6.06. The molecule has 4 heteroatoms. The summed E-state index contributed by atoms with van der Waals surface area (Å²) in [7, 11) is 2.76. The second kappa shape index (κ2) is 5.99. The van der Waals surface area contributed by atoms with Crippen molar-refractivity contribution in [3.05, 3.63) is 0 Å². The Bertz CT molecular complexity index is 185. The van der Waals surface area contributed by atoms with Gasteiger partial charge >= 0.3 is 0 Å². The first kappa shape index (κ1) is 13.2. The van der Waals surface area contributed by atoms with Crippen LogP contribution in [0.3, 0.4) is 0 Å². The van der Waals surface area contributed by atoms with Crippen LogP contribution in [0.4, 0.5) is 0 Å². The van der Waals surface area contributed by atoms with Gasteiger partial charge in [-0.25, -0.2) is 0 Å². The zero-order valence-electron chi connectivity index (χ0n) is 10.8. The second-order valence-electron chi connectivity index (χ2n) is 4.86. The maximum atomic E-state index is 6.06. The van der Waals surface area contributed by atoms with Gasteiger partial charge in [-0.1, -0.05) is 6.42 Å². The molecule has 0 aromatic carbocycles. The number of nitrogens with zero attached hydrogens (tertiary/aromatic N) is 2. The van der Waals surface area contributed by atoms with Crippen LogP contribution >= 0.6 is 0 Å². The molecule has 1 rings (SSSR count). The van der Waals surface area contributed by atoms with Crippen molar-refractivity contribution in [2.75, 3.05) is 40.3 Å². The molecular weight excluding hydrogens is 204 g/mol. The second-order valence-corrected chi connectivity index (χ2v) is 8.63. The third-order valence-electron chi connectivity index (χ3n) is 3.26. The molecule has 1 saturated heterocycles. The van der Waals surface area contributed by atoms with E-state index < -0.39 is 8.48 Å². The summed E-state index contributed by atoms with van der Waals surface area (Å²) in [5, 5.41) is 0. The monoisotopic (exact) mass is 230 g/mol. The Morgan fingerprint density at radius 1 is 1.33 bits per heavy atom. The molecule has 0 amide bonds. The highest BCUT2D eigenvalue weighted by Crippen LogP contribution is 2.25. The van der Waals surface area contributed by atoms with Gasteiger partial charge in [0.15, 0.2) is 0 Å². The number of hydrogen-bond donors (Lipinski definition) is 0. The van der Waals surface area contributed by atoms with Crippen LogP contribution in [-0.4, -0.2) is 58.3 Å². The minimum Gasteiger partial charge on any atom is -0.403 e. The highest BCUT2D eigenvalue weighted by Gasteiger charge is 2.38. The molecule has 0 spiro atoms. The van der Waals surface area contributed by atoms with E-state index in [9.17, 15) is 0 Å². The van der Waals surface area contributed by atoms with Gasteiger partial charge in [0.05, 0.1) is 0 Å². The molecule has 1 aliphatic heterocycles. The van der Waals surface area contributed by atoms with Crippen LogP contribution in [-0.2, 0) is 4.43 Å². The fraction of sp³-hybridized carbons (Fsp3) is 1.00. The highest BCUT2D eigenvalue weighted by molar-refractivity contribution is 6.69. The van der Waals surface area contributed by atoms with Crippen molar-refractivity contribution >= 4 is 8.48 Å². The van der Waals surface area contributed by atoms with Gasteiger partial charge in [0.25, 0.3) is 8.48 Å². The van der Waals surface area contributed by atoms with Gasteiger partial charge in [0.1, 0.15) is 0 Å². The normalized spacial score (nSPS) is 28.6. The molecule has 0 aromatic rings. The Balaban J connectivity index is 2.49. The van der Waals surface area contributed by atoms with Gasteiger partial charge in [0.2, 0.25) is 0 Å². The number of rotatable bonds is 5. The molecule has 3 nitrogen and oxygen atoms in total. The average molecular weight is 230 g/mol. The molecule has 1 heterocycles. The van der Waals surface area contributed by atoms with Crippen LogP contribution < -0.4 is 0 Å². The van der Waals surface area contributed by atoms with Crippen molar-refractivity contribution in [1.29, 1.82) is 0 Å². The van der Waals surface area contributed by atoms with Crippen molar-refractivity contribution in [1.82, 2.24) is 9.47 Å². The van der Waals surface area contributed by atoms with E-state index in [0.29, 0.717) is 0 Å². The standard InChI is InChI=1S/C11H26N2OSi/c1-5-14-15(4)11-7-6-8-13(15)10-9-12(2)3/h5-11H2,1-4H3. The highest BCUT2D eigenvalue weighted by atomic mass is 28.4. The first-order valence-corrected chi connectivity index (χ1v) is 8.68. The topological polar surface area (TPSA) is 15.7 Å². The minimum atomic E-state index is -1.53. The summed E-state index contributed by atoms with van der Waals surface area (Å²) < 4.78 is 8.70. The van der Waals surface area contributed by atoms with E-state index in [0.717, 1.165) is 13.2 Å². The Morgan fingerprint density at radius 3 is 2.67 bits per heavy atom. The van der Waals surface area contributed by atoms with Gasteiger partial charge in [-0.05, 0) is 46.6 Å². The van der Waals surface area contributed by atoms with E-state index in [-0.39, 0.29) is 0 Å². The summed E-state index contributed by atoms with van der Waals surface area (Å²) in [5.41, 5.74) is 0. The molecule has 15 heavy (non-hydrogen) atoms. The molecular formula is C11H26N2OSi. The van der Waals surface area contributed by atoms with Crippen LogP contribution in [0.2, 0.25) is 12.6 Å². The lowest BCUT2D eigenvalue weighted by Crippen LogP contribution is -2.57. The molecule has 1 aliphatic rings. The van der Waals surface area contributed by atoms with Gasteiger partial charge < -0.3 is 13.9 Å². The zero-order chi connectivity index (χ0) is 11.3. The fourth-order valence-electron chi connectivity index (χ4n) is 2.29. The van der Waals surface area contributed by atoms with Crippen LogP contribution in [0, 0.1) is 0 Å². The largest absolute Gasteiger partial charge is 0.403 e. The smallest absolute Gasteiger partial charge is 0.268 e. The van der Waals surface area contributed by atoms with E-state index in [1.54, 1.807) is 0 Å². The lowest BCUT2D eigenvalue weighted by Gasteiger charge is -2.42. The Morgan fingerprint density at radius 2 is 2.07 bits per heavy atom. The van der Waals surface area contributed by atoms with Crippen molar-refractivity contribution in [2.24, 2.45) is 0 Å². The maximum Gasteiger partial charge on any atom is 0.268 e. The third kappa shape index (κ3) is 3.87. The molecule has 0 aliphatic carbocycles. The Hall–Kier alpha value is 0.0969. The number of likely N-dealkylation sites (N-methyl/N-ethyl adjacent to an activating group) is 1. The SMILES string of the molecule is CCO[Si]1(C)CCCCN1CCN(C)C. The summed E-state index contributed by atoms with van der Waals surface area (Å²) in [5.74, 6) is 0. The van der Waals surface area contributed by atoms with Gasteiger partial charge in [-0.3, -0.25) is 0 Å². The van der Waals surface area contributed by atoms with E-state index in [1.165, 1.54) is 32.0 Å². The third-order valence-corrected chi connectivity index (χ3v) is 7.24. The lowest BCUT2D eigenvalue weighted by molar-refractivity contribution is 0.219. The molecule has 0 radical (unpaired) electrons. The predicted octanol–water partition coefficient (Wildman–Crippen LogP) is 1.75. The summed E-state index contributed by atoms with van der Waals surface area (Å²) in [6, 6.07) is 1.31. The first-order valence-electron chi connectivity index (χ1n) is 6.12. The fourth-order valence-corrected chi connectivity index (χ4v) is 5.67. The minimum absolute atomic E-state index is 0.876. The molecule has 0 N–H and O–H groups in total. The van der Waals surface area contributed by atoms with E-state index in [2.05, 4.69) is 37.0 Å². The summed E-state index contributed by atoms with van der Waals surface area (Å²) in [6.07, 6.45) is 2.71. The zero-order valence-corrected chi connectivity index (χ0v) is 11.8. The molecule has 1 fully saturated rings. The molecule has 0 saturated carbocycles. The Kier molecular flexibility index (Phi) is 5.25. The van der Waals surface area contributed by atoms with Crippen LogP contribution in [0.1, 0.15) is 19.8 Å². The molecule has 90 valence electrons. The summed E-state index contributed by atoms with van der Waals surface area (Å²) >= 11 is 0. The first-order chi connectivity index (χ1) is 7.08. The van der Waals surface area contributed by atoms with E-state index >= 15 is 0 Å². The summed E-state index contributed by atoms with van der Waals surface area (Å²) in [4.78, 5) is 2.26. The van der Waals surface area contributed by atoms with Crippen molar-refractivity contribution in [3.8, 4) is 0 Å². The van der Waals surface area contributed by atoms with Gasteiger partial charge in [0, 0.05) is 19.7 Å². The van der Waals surface area contributed by atoms with Crippen LogP contribution in [0.5, 0.6) is 0 Å². The molecule has 1 atom stereocenters. The Labute approximate surface area is 95.6 Å². The molecule has 1 unspecified atom stereocenters. The van der Waals surface area contributed by atoms with Gasteiger partial charge in [-0.15, -0.1) is 0 Å². The predicted molar refractivity (Wildman–Crippen MR) is 67.4 cm³/mol. The van der Waals surface area contributed by atoms with Crippen molar-refractivity contribution < 1.29 is 4.43 Å². The lowest BCUT2D eigenvalue weighted by atomic mass is 10.3. The average Bonchev–Trinajstić information content (AvgIpc) is 2.16. The summed E-state index contributed by atoms with van der Waals surface area (Å²) in [6.45, 7) is 8.95. The van der Waals surface area contributed by atoms with Gasteiger partial charge in [-0.2, -0.15) is 0 Å².